The summed E-state index contributed by atoms with van der Waals surface area (Å²) in [5.74, 6) is 1.32. The van der Waals surface area contributed by atoms with Crippen LogP contribution >= 0.6 is 0 Å². The van der Waals surface area contributed by atoms with Crippen LogP contribution < -0.4 is 5.32 Å². The lowest BCUT2D eigenvalue weighted by atomic mass is 10.0. The summed E-state index contributed by atoms with van der Waals surface area (Å²) in [6.45, 7) is 4.58. The highest BCUT2D eigenvalue weighted by Gasteiger charge is 2.21. The van der Waals surface area contributed by atoms with E-state index in [4.69, 9.17) is 4.74 Å². The second kappa shape index (κ2) is 4.52. The number of nitrogens with zero attached hydrogens (tertiary/aromatic N) is 2. The SMILES string of the molecule is CC(NCc1ncon1)C1CCOC1. The van der Waals surface area contributed by atoms with E-state index in [1.165, 1.54) is 6.39 Å². The highest BCUT2D eigenvalue weighted by molar-refractivity contribution is 4.81. The van der Waals surface area contributed by atoms with E-state index < -0.39 is 0 Å². The number of hydrogen-bond acceptors (Lipinski definition) is 5. The van der Waals surface area contributed by atoms with Gasteiger partial charge >= 0.3 is 0 Å². The first-order valence-electron chi connectivity index (χ1n) is 4.92. The van der Waals surface area contributed by atoms with Gasteiger partial charge in [-0.2, -0.15) is 4.98 Å². The number of rotatable bonds is 4. The zero-order valence-electron chi connectivity index (χ0n) is 8.27. The molecule has 1 aromatic heterocycles. The van der Waals surface area contributed by atoms with Gasteiger partial charge in [-0.1, -0.05) is 5.16 Å². The molecule has 2 atom stereocenters. The maximum atomic E-state index is 5.33. The molecule has 14 heavy (non-hydrogen) atoms. The van der Waals surface area contributed by atoms with Crippen molar-refractivity contribution in [3.05, 3.63) is 12.2 Å². The number of aromatic nitrogens is 2. The van der Waals surface area contributed by atoms with Crippen LogP contribution in [0.25, 0.3) is 0 Å². The Morgan fingerprint density at radius 2 is 2.64 bits per heavy atom. The molecule has 1 saturated heterocycles. The minimum atomic E-state index is 0.441. The molecule has 1 aliphatic heterocycles. The third kappa shape index (κ3) is 2.30. The lowest BCUT2D eigenvalue weighted by Gasteiger charge is -2.17. The van der Waals surface area contributed by atoms with Crippen molar-refractivity contribution in [1.29, 1.82) is 0 Å². The first kappa shape index (κ1) is 9.61. The van der Waals surface area contributed by atoms with Crippen LogP contribution in [-0.2, 0) is 11.3 Å². The highest BCUT2D eigenvalue weighted by Crippen LogP contribution is 2.16. The van der Waals surface area contributed by atoms with E-state index in [2.05, 4.69) is 26.9 Å². The highest BCUT2D eigenvalue weighted by atomic mass is 16.5. The van der Waals surface area contributed by atoms with Gasteiger partial charge in [-0.15, -0.1) is 0 Å². The summed E-state index contributed by atoms with van der Waals surface area (Å²) in [6.07, 6.45) is 2.49. The first-order chi connectivity index (χ1) is 6.86. The van der Waals surface area contributed by atoms with Crippen LogP contribution in [0.15, 0.2) is 10.9 Å². The Bertz CT molecular complexity index is 257. The Kier molecular flexibility index (Phi) is 3.10. The fourth-order valence-electron chi connectivity index (χ4n) is 1.64. The molecule has 0 spiro atoms. The van der Waals surface area contributed by atoms with Gasteiger partial charge in [0.1, 0.15) is 0 Å². The van der Waals surface area contributed by atoms with E-state index in [1.807, 2.05) is 0 Å². The van der Waals surface area contributed by atoms with Crippen LogP contribution in [0, 0.1) is 5.92 Å². The number of hydrogen-bond donors (Lipinski definition) is 1. The van der Waals surface area contributed by atoms with E-state index in [-0.39, 0.29) is 0 Å². The predicted octanol–water partition coefficient (Wildman–Crippen LogP) is 0.584. The molecule has 1 fully saturated rings. The molecule has 5 heteroatoms. The van der Waals surface area contributed by atoms with Crippen molar-refractivity contribution in [1.82, 2.24) is 15.5 Å². The zero-order valence-corrected chi connectivity index (χ0v) is 8.27. The molecule has 2 heterocycles. The van der Waals surface area contributed by atoms with E-state index in [0.717, 1.165) is 19.6 Å². The molecule has 0 radical (unpaired) electrons. The molecule has 2 unspecified atom stereocenters. The van der Waals surface area contributed by atoms with Gasteiger partial charge in [0.05, 0.1) is 13.2 Å². The quantitative estimate of drug-likeness (QED) is 0.765. The van der Waals surface area contributed by atoms with Crippen molar-refractivity contribution >= 4 is 0 Å². The maximum absolute atomic E-state index is 5.33. The molecule has 1 aromatic rings. The summed E-state index contributed by atoms with van der Waals surface area (Å²) in [5, 5.41) is 7.10. The Balaban J connectivity index is 1.74. The van der Waals surface area contributed by atoms with Crippen LogP contribution in [0.2, 0.25) is 0 Å². The molecule has 0 aliphatic carbocycles. The fraction of sp³-hybridized carbons (Fsp3) is 0.778. The Labute approximate surface area is 82.8 Å². The molecule has 0 aromatic carbocycles. The van der Waals surface area contributed by atoms with Gasteiger partial charge in [-0.05, 0) is 19.3 Å². The lowest BCUT2D eigenvalue weighted by Crippen LogP contribution is -2.33. The van der Waals surface area contributed by atoms with Gasteiger partial charge in [0.2, 0.25) is 6.39 Å². The molecule has 5 nitrogen and oxygen atoms in total. The van der Waals surface area contributed by atoms with Gasteiger partial charge in [0.25, 0.3) is 0 Å². The topological polar surface area (TPSA) is 60.2 Å². The summed E-state index contributed by atoms with van der Waals surface area (Å²) in [5.41, 5.74) is 0. The van der Waals surface area contributed by atoms with E-state index in [0.29, 0.717) is 24.3 Å². The van der Waals surface area contributed by atoms with Crippen molar-refractivity contribution in [2.24, 2.45) is 5.92 Å². The minimum absolute atomic E-state index is 0.441. The molecule has 0 saturated carbocycles. The molecular weight excluding hydrogens is 182 g/mol. The van der Waals surface area contributed by atoms with Gasteiger partial charge in [-0.3, -0.25) is 0 Å². The second-order valence-electron chi connectivity index (χ2n) is 3.64. The molecular formula is C9H15N3O2. The Hall–Kier alpha value is -0.940. The van der Waals surface area contributed by atoms with E-state index >= 15 is 0 Å². The van der Waals surface area contributed by atoms with Crippen molar-refractivity contribution in [2.75, 3.05) is 13.2 Å². The number of ether oxygens (including phenoxy) is 1. The van der Waals surface area contributed by atoms with E-state index in [9.17, 15) is 0 Å². The van der Waals surface area contributed by atoms with E-state index in [1.54, 1.807) is 0 Å². The van der Waals surface area contributed by atoms with Gasteiger partial charge < -0.3 is 14.6 Å². The number of nitrogens with one attached hydrogen (secondary N) is 1. The summed E-state index contributed by atoms with van der Waals surface area (Å²) >= 11 is 0. The molecule has 1 N–H and O–H groups in total. The fourth-order valence-corrected chi connectivity index (χ4v) is 1.64. The van der Waals surface area contributed by atoms with Crippen LogP contribution in [-0.4, -0.2) is 29.4 Å². The van der Waals surface area contributed by atoms with Crippen LogP contribution in [0.3, 0.4) is 0 Å². The summed E-state index contributed by atoms with van der Waals surface area (Å²) < 4.78 is 9.97. The first-order valence-corrected chi connectivity index (χ1v) is 4.92. The van der Waals surface area contributed by atoms with Crippen molar-refractivity contribution in [3.8, 4) is 0 Å². The summed E-state index contributed by atoms with van der Waals surface area (Å²) in [7, 11) is 0. The Morgan fingerprint density at radius 3 is 3.29 bits per heavy atom. The maximum Gasteiger partial charge on any atom is 0.213 e. The monoisotopic (exact) mass is 197 g/mol. The predicted molar refractivity (Wildman–Crippen MR) is 49.5 cm³/mol. The van der Waals surface area contributed by atoms with Gasteiger partial charge in [-0.25, -0.2) is 0 Å². The minimum Gasteiger partial charge on any atom is -0.381 e. The lowest BCUT2D eigenvalue weighted by molar-refractivity contribution is 0.178. The zero-order chi connectivity index (χ0) is 9.80. The standard InChI is InChI=1S/C9H15N3O2/c1-7(8-2-3-13-5-8)10-4-9-11-6-14-12-9/h6-8,10H,2-5H2,1H3. The third-order valence-corrected chi connectivity index (χ3v) is 2.66. The molecule has 78 valence electrons. The summed E-state index contributed by atoms with van der Waals surface area (Å²) in [6, 6.07) is 0.441. The van der Waals surface area contributed by atoms with Gasteiger partial charge in [0.15, 0.2) is 5.82 Å². The molecule has 0 bridgehead atoms. The molecule has 1 aliphatic rings. The van der Waals surface area contributed by atoms with Crippen LogP contribution in [0.5, 0.6) is 0 Å². The van der Waals surface area contributed by atoms with Crippen molar-refractivity contribution in [2.45, 2.75) is 25.9 Å². The molecule has 2 rings (SSSR count). The largest absolute Gasteiger partial charge is 0.381 e. The van der Waals surface area contributed by atoms with Crippen LogP contribution in [0.1, 0.15) is 19.2 Å². The average molecular weight is 197 g/mol. The molecule has 0 amide bonds. The van der Waals surface area contributed by atoms with Crippen molar-refractivity contribution < 1.29 is 9.26 Å². The second-order valence-corrected chi connectivity index (χ2v) is 3.64. The van der Waals surface area contributed by atoms with Crippen LogP contribution in [0.4, 0.5) is 0 Å². The third-order valence-electron chi connectivity index (χ3n) is 2.66. The van der Waals surface area contributed by atoms with Crippen molar-refractivity contribution in [3.63, 3.8) is 0 Å². The summed E-state index contributed by atoms with van der Waals surface area (Å²) in [4.78, 5) is 3.94. The normalized spacial score (nSPS) is 23.9. The van der Waals surface area contributed by atoms with Gasteiger partial charge in [0, 0.05) is 12.6 Å². The average Bonchev–Trinajstić information content (AvgIpc) is 2.87. The smallest absolute Gasteiger partial charge is 0.213 e. The Morgan fingerprint density at radius 1 is 1.71 bits per heavy atom.